The molecule has 1 fully saturated rings. The highest BCUT2D eigenvalue weighted by Gasteiger charge is 2.31. The standard InChI is InChI=1S/C13H28N2/c1-10(2)13-9-14(11(3)4)7-8-15(13)12(5)6/h10-13H,7-9H2,1-6H3/t13-/m0/s1. The van der Waals surface area contributed by atoms with E-state index in [4.69, 9.17) is 0 Å². The molecular formula is C13H28N2. The molecule has 15 heavy (non-hydrogen) atoms. The first-order valence-electron chi connectivity index (χ1n) is 6.43. The zero-order valence-electron chi connectivity index (χ0n) is 11.3. The van der Waals surface area contributed by atoms with Crippen molar-refractivity contribution in [3.63, 3.8) is 0 Å². The fourth-order valence-corrected chi connectivity index (χ4v) is 2.55. The average Bonchev–Trinajstić information content (AvgIpc) is 2.16. The fourth-order valence-electron chi connectivity index (χ4n) is 2.55. The van der Waals surface area contributed by atoms with Gasteiger partial charge < -0.3 is 0 Å². The third-order valence-electron chi connectivity index (χ3n) is 3.66. The molecule has 0 aliphatic carbocycles. The molecule has 0 saturated carbocycles. The van der Waals surface area contributed by atoms with Gasteiger partial charge in [-0.1, -0.05) is 13.8 Å². The molecule has 2 heteroatoms. The third-order valence-corrected chi connectivity index (χ3v) is 3.66. The highest BCUT2D eigenvalue weighted by Crippen LogP contribution is 2.20. The van der Waals surface area contributed by atoms with E-state index in [0.717, 1.165) is 12.0 Å². The Labute approximate surface area is 95.6 Å². The highest BCUT2D eigenvalue weighted by atomic mass is 15.3. The average molecular weight is 212 g/mol. The van der Waals surface area contributed by atoms with Crippen LogP contribution in [0.25, 0.3) is 0 Å². The molecule has 90 valence electrons. The van der Waals surface area contributed by atoms with E-state index in [2.05, 4.69) is 51.3 Å². The van der Waals surface area contributed by atoms with E-state index in [1.165, 1.54) is 19.6 Å². The molecule has 0 spiro atoms. The van der Waals surface area contributed by atoms with Crippen molar-refractivity contribution in [2.75, 3.05) is 19.6 Å². The van der Waals surface area contributed by atoms with Gasteiger partial charge in [-0.3, -0.25) is 9.80 Å². The maximum Gasteiger partial charge on any atom is 0.0249 e. The molecule has 1 aliphatic rings. The predicted molar refractivity (Wildman–Crippen MR) is 67.2 cm³/mol. The Hall–Kier alpha value is -0.0800. The van der Waals surface area contributed by atoms with E-state index in [1.54, 1.807) is 0 Å². The van der Waals surface area contributed by atoms with Crippen molar-refractivity contribution in [3.05, 3.63) is 0 Å². The van der Waals surface area contributed by atoms with Crippen LogP contribution in [0, 0.1) is 5.92 Å². The van der Waals surface area contributed by atoms with Gasteiger partial charge in [0.15, 0.2) is 0 Å². The maximum absolute atomic E-state index is 2.67. The molecule has 0 bridgehead atoms. The van der Waals surface area contributed by atoms with Crippen molar-refractivity contribution < 1.29 is 0 Å². The van der Waals surface area contributed by atoms with Crippen molar-refractivity contribution in [1.29, 1.82) is 0 Å². The van der Waals surface area contributed by atoms with Crippen LogP contribution in [0.3, 0.4) is 0 Å². The number of rotatable bonds is 3. The lowest BCUT2D eigenvalue weighted by Gasteiger charge is -2.46. The van der Waals surface area contributed by atoms with E-state index < -0.39 is 0 Å². The molecule has 0 N–H and O–H groups in total. The van der Waals surface area contributed by atoms with Gasteiger partial charge in [0.2, 0.25) is 0 Å². The Kier molecular flexibility index (Phi) is 4.60. The van der Waals surface area contributed by atoms with Crippen molar-refractivity contribution in [2.45, 2.75) is 59.7 Å². The Morgan fingerprint density at radius 2 is 1.47 bits per heavy atom. The monoisotopic (exact) mass is 212 g/mol. The quantitative estimate of drug-likeness (QED) is 0.709. The van der Waals surface area contributed by atoms with Crippen molar-refractivity contribution in [3.8, 4) is 0 Å². The summed E-state index contributed by atoms with van der Waals surface area (Å²) in [6.45, 7) is 17.7. The fraction of sp³-hybridized carbons (Fsp3) is 1.00. The summed E-state index contributed by atoms with van der Waals surface area (Å²) in [6.07, 6.45) is 0. The zero-order chi connectivity index (χ0) is 11.6. The molecule has 0 aromatic rings. The smallest absolute Gasteiger partial charge is 0.0249 e. The topological polar surface area (TPSA) is 6.48 Å². The summed E-state index contributed by atoms with van der Waals surface area (Å²) < 4.78 is 0. The van der Waals surface area contributed by atoms with E-state index >= 15 is 0 Å². The second-order valence-electron chi connectivity index (χ2n) is 5.73. The van der Waals surface area contributed by atoms with Crippen LogP contribution >= 0.6 is 0 Å². The van der Waals surface area contributed by atoms with Gasteiger partial charge in [-0.15, -0.1) is 0 Å². The SMILES string of the molecule is CC(C)[C@@H]1CN(C(C)C)CCN1C(C)C. The lowest BCUT2D eigenvalue weighted by atomic mass is 9.97. The normalized spacial score (nSPS) is 25.8. The van der Waals surface area contributed by atoms with Crippen molar-refractivity contribution >= 4 is 0 Å². The predicted octanol–water partition coefficient (Wildman–Crippen LogP) is 2.45. The largest absolute Gasteiger partial charge is 0.298 e. The summed E-state index contributed by atoms with van der Waals surface area (Å²) in [5, 5.41) is 0. The van der Waals surface area contributed by atoms with E-state index in [-0.39, 0.29) is 0 Å². The minimum Gasteiger partial charge on any atom is -0.298 e. The summed E-state index contributed by atoms with van der Waals surface area (Å²) in [5.74, 6) is 0.758. The summed E-state index contributed by atoms with van der Waals surface area (Å²) >= 11 is 0. The molecule has 0 aromatic carbocycles. The Morgan fingerprint density at radius 3 is 1.87 bits per heavy atom. The molecule has 1 rings (SSSR count). The van der Waals surface area contributed by atoms with E-state index in [9.17, 15) is 0 Å². The zero-order valence-corrected chi connectivity index (χ0v) is 11.3. The van der Waals surface area contributed by atoms with Crippen LogP contribution in [-0.2, 0) is 0 Å². The van der Waals surface area contributed by atoms with E-state index in [1.807, 2.05) is 0 Å². The van der Waals surface area contributed by atoms with Crippen LogP contribution in [0.1, 0.15) is 41.5 Å². The Bertz CT molecular complexity index is 187. The molecular weight excluding hydrogens is 184 g/mol. The molecule has 1 atom stereocenters. The molecule has 1 heterocycles. The third kappa shape index (κ3) is 3.18. The van der Waals surface area contributed by atoms with Gasteiger partial charge >= 0.3 is 0 Å². The molecule has 0 unspecified atom stereocenters. The summed E-state index contributed by atoms with van der Waals surface area (Å²) in [6, 6.07) is 2.12. The highest BCUT2D eigenvalue weighted by molar-refractivity contribution is 4.86. The van der Waals surface area contributed by atoms with Gasteiger partial charge in [0.05, 0.1) is 0 Å². The molecule has 1 aliphatic heterocycles. The Morgan fingerprint density at radius 1 is 0.867 bits per heavy atom. The molecule has 0 amide bonds. The lowest BCUT2D eigenvalue weighted by Crippen LogP contribution is -2.58. The number of nitrogens with zero attached hydrogens (tertiary/aromatic N) is 2. The van der Waals surface area contributed by atoms with Crippen LogP contribution in [0.2, 0.25) is 0 Å². The maximum atomic E-state index is 2.67. The van der Waals surface area contributed by atoms with Gasteiger partial charge in [-0.2, -0.15) is 0 Å². The second-order valence-corrected chi connectivity index (χ2v) is 5.73. The molecule has 0 aromatic heterocycles. The van der Waals surface area contributed by atoms with Crippen molar-refractivity contribution in [1.82, 2.24) is 9.80 Å². The number of piperazine rings is 1. The molecule has 1 saturated heterocycles. The van der Waals surface area contributed by atoms with Gasteiger partial charge in [0.1, 0.15) is 0 Å². The van der Waals surface area contributed by atoms with Crippen LogP contribution in [0.4, 0.5) is 0 Å². The summed E-state index contributed by atoms with van der Waals surface area (Å²) in [7, 11) is 0. The minimum absolute atomic E-state index is 0.687. The van der Waals surface area contributed by atoms with Gasteiger partial charge in [-0.05, 0) is 33.6 Å². The van der Waals surface area contributed by atoms with Crippen LogP contribution in [-0.4, -0.2) is 47.6 Å². The first kappa shape index (κ1) is 13.0. The van der Waals surface area contributed by atoms with Crippen LogP contribution < -0.4 is 0 Å². The summed E-state index contributed by atoms with van der Waals surface area (Å²) in [4.78, 5) is 5.28. The molecule has 0 radical (unpaired) electrons. The van der Waals surface area contributed by atoms with Gasteiger partial charge in [0.25, 0.3) is 0 Å². The van der Waals surface area contributed by atoms with Crippen LogP contribution in [0.15, 0.2) is 0 Å². The van der Waals surface area contributed by atoms with E-state index in [0.29, 0.717) is 12.1 Å². The molecule has 2 nitrogen and oxygen atoms in total. The first-order chi connectivity index (χ1) is 6.93. The summed E-state index contributed by atoms with van der Waals surface area (Å²) in [5.41, 5.74) is 0. The second kappa shape index (κ2) is 5.31. The van der Waals surface area contributed by atoms with Crippen molar-refractivity contribution in [2.24, 2.45) is 5.92 Å². The van der Waals surface area contributed by atoms with Gasteiger partial charge in [0, 0.05) is 37.8 Å². The Balaban J connectivity index is 2.65. The number of hydrogen-bond acceptors (Lipinski definition) is 2. The van der Waals surface area contributed by atoms with Gasteiger partial charge in [-0.25, -0.2) is 0 Å². The minimum atomic E-state index is 0.687. The lowest BCUT2D eigenvalue weighted by molar-refractivity contribution is 0.0157. The van der Waals surface area contributed by atoms with Crippen LogP contribution in [0.5, 0.6) is 0 Å². The number of hydrogen-bond donors (Lipinski definition) is 0. The first-order valence-corrected chi connectivity index (χ1v) is 6.43.